The van der Waals surface area contributed by atoms with Crippen molar-refractivity contribution in [1.29, 1.82) is 0 Å². The smallest absolute Gasteiger partial charge is 0.257 e. The third-order valence-electron chi connectivity index (χ3n) is 5.71. The summed E-state index contributed by atoms with van der Waals surface area (Å²) in [6.07, 6.45) is 9.59. The molecule has 0 radical (unpaired) electrons. The fourth-order valence-corrected chi connectivity index (χ4v) is 4.01. The fraction of sp³-hybridized carbons (Fsp3) is 0.600. The summed E-state index contributed by atoms with van der Waals surface area (Å²) in [4.78, 5) is 32.3. The number of hydrogen-bond acceptors (Lipinski definition) is 7. The molecule has 1 saturated carbocycles. The molecule has 150 valence electrons. The lowest BCUT2D eigenvalue weighted by Crippen LogP contribution is -2.46. The van der Waals surface area contributed by atoms with Crippen molar-refractivity contribution in [3.8, 4) is 0 Å². The van der Waals surface area contributed by atoms with Crippen molar-refractivity contribution in [2.24, 2.45) is 7.05 Å². The van der Waals surface area contributed by atoms with Crippen LogP contribution in [0.15, 0.2) is 29.7 Å². The predicted octanol–water partition coefficient (Wildman–Crippen LogP) is 1.27. The number of piperidine rings is 1. The van der Waals surface area contributed by atoms with E-state index >= 15 is 0 Å². The van der Waals surface area contributed by atoms with Crippen LogP contribution in [-0.4, -0.2) is 63.7 Å². The van der Waals surface area contributed by atoms with E-state index in [1.807, 2.05) is 19.0 Å². The summed E-state index contributed by atoms with van der Waals surface area (Å²) < 4.78 is 1.55. The lowest BCUT2D eigenvalue weighted by Gasteiger charge is -2.39. The molecule has 3 heterocycles. The molecule has 0 atom stereocenters. The summed E-state index contributed by atoms with van der Waals surface area (Å²) in [6, 6.07) is 3.20. The molecule has 0 N–H and O–H groups in total. The van der Waals surface area contributed by atoms with E-state index in [2.05, 4.69) is 30.8 Å². The van der Waals surface area contributed by atoms with Gasteiger partial charge in [-0.2, -0.15) is 0 Å². The molecule has 0 spiro atoms. The Morgan fingerprint density at radius 3 is 2.43 bits per heavy atom. The Hall–Kier alpha value is -2.48. The summed E-state index contributed by atoms with van der Waals surface area (Å²) in [5.74, 6) is 1.99. The number of rotatable bonds is 6. The first-order valence-corrected chi connectivity index (χ1v) is 10.0. The van der Waals surface area contributed by atoms with Crippen molar-refractivity contribution in [3.63, 3.8) is 0 Å². The molecule has 28 heavy (non-hydrogen) atoms. The van der Waals surface area contributed by atoms with Gasteiger partial charge in [0.2, 0.25) is 0 Å². The molecule has 8 heteroatoms. The molecule has 0 amide bonds. The maximum atomic E-state index is 12.3. The van der Waals surface area contributed by atoms with Crippen molar-refractivity contribution in [2.45, 2.75) is 44.3 Å². The van der Waals surface area contributed by atoms with Crippen molar-refractivity contribution < 1.29 is 0 Å². The molecule has 0 aromatic carbocycles. The minimum absolute atomic E-state index is 0.0499. The molecule has 4 rings (SSSR count). The Morgan fingerprint density at radius 2 is 1.75 bits per heavy atom. The Labute approximate surface area is 165 Å². The SMILES string of the molecule is CN(C)c1cc(N(C2CC2)C2CCN(Cc3cncn(C)c3=O)CC2)ncn1. The van der Waals surface area contributed by atoms with Crippen LogP contribution in [-0.2, 0) is 13.6 Å². The molecule has 2 aliphatic rings. The van der Waals surface area contributed by atoms with Gasteiger partial charge in [0.25, 0.3) is 5.56 Å². The molecule has 1 saturated heterocycles. The second-order valence-electron chi connectivity index (χ2n) is 8.11. The van der Waals surface area contributed by atoms with Crippen LogP contribution in [0.5, 0.6) is 0 Å². The van der Waals surface area contributed by atoms with E-state index in [9.17, 15) is 4.79 Å². The average molecular weight is 384 g/mol. The highest BCUT2D eigenvalue weighted by atomic mass is 16.1. The molecule has 0 unspecified atom stereocenters. The maximum Gasteiger partial charge on any atom is 0.257 e. The topological polar surface area (TPSA) is 70.4 Å². The zero-order valence-corrected chi connectivity index (χ0v) is 17.0. The zero-order chi connectivity index (χ0) is 19.7. The van der Waals surface area contributed by atoms with Crippen LogP contribution in [0.2, 0.25) is 0 Å². The molecule has 8 nitrogen and oxygen atoms in total. The second-order valence-corrected chi connectivity index (χ2v) is 8.11. The van der Waals surface area contributed by atoms with Gasteiger partial charge in [-0.25, -0.2) is 15.0 Å². The number of aromatic nitrogens is 4. The van der Waals surface area contributed by atoms with Crippen molar-refractivity contribution >= 4 is 11.6 Å². The van der Waals surface area contributed by atoms with E-state index in [1.54, 1.807) is 30.5 Å². The summed E-state index contributed by atoms with van der Waals surface area (Å²) in [5.41, 5.74) is 0.822. The van der Waals surface area contributed by atoms with Crippen molar-refractivity contribution in [1.82, 2.24) is 24.4 Å². The number of hydrogen-bond donors (Lipinski definition) is 0. The van der Waals surface area contributed by atoms with Crippen LogP contribution in [0.4, 0.5) is 11.6 Å². The molecule has 2 aromatic rings. The first kappa shape index (κ1) is 18.9. The van der Waals surface area contributed by atoms with Crippen LogP contribution < -0.4 is 15.4 Å². The zero-order valence-electron chi connectivity index (χ0n) is 17.0. The second kappa shape index (κ2) is 7.87. The van der Waals surface area contributed by atoms with Gasteiger partial charge in [-0.15, -0.1) is 0 Å². The molecule has 2 fully saturated rings. The summed E-state index contributed by atoms with van der Waals surface area (Å²) >= 11 is 0. The summed E-state index contributed by atoms with van der Waals surface area (Å²) in [6.45, 7) is 2.64. The Bertz CT molecular complexity index is 869. The molecule has 0 bridgehead atoms. The van der Waals surface area contributed by atoms with Gasteiger partial charge >= 0.3 is 0 Å². The molecule has 2 aromatic heterocycles. The molecule has 1 aliphatic carbocycles. The largest absolute Gasteiger partial charge is 0.363 e. The van der Waals surface area contributed by atoms with E-state index in [0.717, 1.165) is 43.1 Å². The predicted molar refractivity (Wildman–Crippen MR) is 110 cm³/mol. The van der Waals surface area contributed by atoms with E-state index < -0.39 is 0 Å². The fourth-order valence-electron chi connectivity index (χ4n) is 4.01. The number of aryl methyl sites for hydroxylation is 1. The number of likely N-dealkylation sites (tertiary alicyclic amines) is 1. The normalized spacial score (nSPS) is 18.2. The summed E-state index contributed by atoms with van der Waals surface area (Å²) in [5, 5.41) is 0. The van der Waals surface area contributed by atoms with Gasteiger partial charge in [0.1, 0.15) is 18.0 Å². The van der Waals surface area contributed by atoms with E-state index in [-0.39, 0.29) is 5.56 Å². The standard InChI is InChI=1S/C20H29N7O/c1-24(2)18-10-19(23-13-22-18)27(16-4-5-16)17-6-8-26(9-7-17)12-15-11-21-14-25(3)20(15)28/h10-11,13-14,16-17H,4-9,12H2,1-3H3. The van der Waals surface area contributed by atoms with Gasteiger partial charge in [0.15, 0.2) is 0 Å². The van der Waals surface area contributed by atoms with Gasteiger partial charge in [0, 0.05) is 70.7 Å². The quantitative estimate of drug-likeness (QED) is 0.744. The highest BCUT2D eigenvalue weighted by Crippen LogP contribution is 2.36. The van der Waals surface area contributed by atoms with Gasteiger partial charge in [0.05, 0.1) is 6.33 Å². The minimum Gasteiger partial charge on any atom is -0.363 e. The first-order chi connectivity index (χ1) is 13.5. The first-order valence-electron chi connectivity index (χ1n) is 10.0. The van der Waals surface area contributed by atoms with E-state index in [0.29, 0.717) is 18.6 Å². The van der Waals surface area contributed by atoms with Crippen LogP contribution in [0.3, 0.4) is 0 Å². The van der Waals surface area contributed by atoms with Crippen LogP contribution in [0.25, 0.3) is 0 Å². The van der Waals surface area contributed by atoms with E-state index in [1.165, 1.54) is 12.8 Å². The van der Waals surface area contributed by atoms with Gasteiger partial charge < -0.3 is 14.4 Å². The third-order valence-corrected chi connectivity index (χ3v) is 5.71. The lowest BCUT2D eigenvalue weighted by molar-refractivity contribution is 0.199. The molecular formula is C20H29N7O. The van der Waals surface area contributed by atoms with E-state index in [4.69, 9.17) is 0 Å². The lowest BCUT2D eigenvalue weighted by atomic mass is 10.0. The van der Waals surface area contributed by atoms with Gasteiger partial charge in [-0.3, -0.25) is 9.69 Å². The van der Waals surface area contributed by atoms with Crippen LogP contribution >= 0.6 is 0 Å². The Kier molecular flexibility index (Phi) is 5.30. The average Bonchev–Trinajstić information content (AvgIpc) is 3.52. The Morgan fingerprint density at radius 1 is 1.07 bits per heavy atom. The maximum absolute atomic E-state index is 12.3. The number of nitrogens with zero attached hydrogens (tertiary/aromatic N) is 7. The monoisotopic (exact) mass is 383 g/mol. The number of anilines is 2. The van der Waals surface area contributed by atoms with Gasteiger partial charge in [-0.05, 0) is 25.7 Å². The minimum atomic E-state index is 0.0499. The molecule has 1 aliphatic heterocycles. The van der Waals surface area contributed by atoms with Gasteiger partial charge in [-0.1, -0.05) is 0 Å². The third kappa shape index (κ3) is 4.01. The highest BCUT2D eigenvalue weighted by Gasteiger charge is 2.36. The van der Waals surface area contributed by atoms with Crippen LogP contribution in [0, 0.1) is 0 Å². The Balaban J connectivity index is 1.43. The van der Waals surface area contributed by atoms with Crippen LogP contribution in [0.1, 0.15) is 31.2 Å². The van der Waals surface area contributed by atoms with Crippen molar-refractivity contribution in [3.05, 3.63) is 40.8 Å². The molecular weight excluding hydrogens is 354 g/mol. The highest BCUT2D eigenvalue weighted by molar-refractivity contribution is 5.51. The summed E-state index contributed by atoms with van der Waals surface area (Å²) in [7, 11) is 5.77. The van der Waals surface area contributed by atoms with Crippen molar-refractivity contribution in [2.75, 3.05) is 37.0 Å².